The van der Waals surface area contributed by atoms with Gasteiger partial charge in [-0.25, -0.2) is 0 Å². The van der Waals surface area contributed by atoms with E-state index in [2.05, 4.69) is 17.4 Å². The molecule has 3 heteroatoms. The van der Waals surface area contributed by atoms with E-state index in [1.54, 1.807) is 0 Å². The predicted octanol–water partition coefficient (Wildman–Crippen LogP) is 3.21. The van der Waals surface area contributed by atoms with Gasteiger partial charge in [-0.3, -0.25) is 0 Å². The van der Waals surface area contributed by atoms with Crippen LogP contribution in [-0.4, -0.2) is 5.11 Å². The number of nitrogens with one attached hydrogen (secondary N) is 1. The van der Waals surface area contributed by atoms with Crippen molar-refractivity contribution in [3.8, 4) is 0 Å². The van der Waals surface area contributed by atoms with Crippen molar-refractivity contribution in [1.29, 1.82) is 0 Å². The maximum absolute atomic E-state index is 9.02. The molecule has 0 heterocycles. The highest BCUT2D eigenvalue weighted by Crippen LogP contribution is 2.12. The molecule has 0 aliphatic rings. The summed E-state index contributed by atoms with van der Waals surface area (Å²) in [5.41, 5.74) is 3.21. The Hall–Kier alpha value is -1.51. The molecule has 0 bridgehead atoms. The third-order valence-corrected chi connectivity index (χ3v) is 2.45. The molecular weight excluding hydrogens is 234 g/mol. The lowest BCUT2D eigenvalue weighted by molar-refractivity contribution is 0.282. The number of hydrogen-bond acceptors (Lipinski definition) is 2. The molecule has 17 heavy (non-hydrogen) atoms. The summed E-state index contributed by atoms with van der Waals surface area (Å²) in [4.78, 5) is 0. The highest BCUT2D eigenvalue weighted by Gasteiger charge is 1.95. The molecule has 0 amide bonds. The molecule has 0 radical (unpaired) electrons. The van der Waals surface area contributed by atoms with Crippen LogP contribution < -0.4 is 5.32 Å². The van der Waals surface area contributed by atoms with Crippen molar-refractivity contribution in [3.05, 3.63) is 65.7 Å². The van der Waals surface area contributed by atoms with Crippen molar-refractivity contribution in [3.63, 3.8) is 0 Å². The summed E-state index contributed by atoms with van der Waals surface area (Å²) >= 11 is 0. The van der Waals surface area contributed by atoms with E-state index in [0.717, 1.165) is 17.8 Å². The maximum Gasteiger partial charge on any atom is 0.0682 e. The molecule has 0 spiro atoms. The Balaban J connectivity index is 0.00000144. The Morgan fingerprint density at radius 2 is 1.59 bits per heavy atom. The molecule has 0 fully saturated rings. The lowest BCUT2D eigenvalue weighted by Gasteiger charge is -2.07. The average Bonchev–Trinajstić information content (AvgIpc) is 2.38. The van der Waals surface area contributed by atoms with Gasteiger partial charge < -0.3 is 10.4 Å². The van der Waals surface area contributed by atoms with E-state index in [1.165, 1.54) is 5.56 Å². The molecule has 0 saturated heterocycles. The van der Waals surface area contributed by atoms with E-state index in [-0.39, 0.29) is 19.0 Å². The van der Waals surface area contributed by atoms with Crippen LogP contribution in [0.3, 0.4) is 0 Å². The minimum Gasteiger partial charge on any atom is -0.392 e. The van der Waals surface area contributed by atoms with Gasteiger partial charge in [0.25, 0.3) is 0 Å². The molecular formula is C14H16ClNO. The fraction of sp³-hybridized carbons (Fsp3) is 0.143. The van der Waals surface area contributed by atoms with E-state index >= 15 is 0 Å². The Morgan fingerprint density at radius 3 is 2.29 bits per heavy atom. The van der Waals surface area contributed by atoms with Crippen LogP contribution in [0.25, 0.3) is 0 Å². The fourth-order valence-corrected chi connectivity index (χ4v) is 1.58. The normalized spacial score (nSPS) is 9.47. The Morgan fingerprint density at radius 1 is 0.882 bits per heavy atom. The largest absolute Gasteiger partial charge is 0.392 e. The van der Waals surface area contributed by atoms with Crippen molar-refractivity contribution in [2.75, 3.05) is 5.32 Å². The first-order valence-electron chi connectivity index (χ1n) is 5.36. The number of aliphatic hydroxyl groups is 1. The van der Waals surface area contributed by atoms with Crippen LogP contribution in [0.5, 0.6) is 0 Å². The highest BCUT2D eigenvalue weighted by atomic mass is 35.5. The van der Waals surface area contributed by atoms with E-state index < -0.39 is 0 Å². The summed E-state index contributed by atoms with van der Waals surface area (Å²) in [6, 6.07) is 18.1. The first-order chi connectivity index (χ1) is 7.88. The monoisotopic (exact) mass is 249 g/mol. The molecule has 0 unspecified atom stereocenters. The first kappa shape index (κ1) is 13.6. The summed E-state index contributed by atoms with van der Waals surface area (Å²) in [5.74, 6) is 0. The summed E-state index contributed by atoms with van der Waals surface area (Å²) in [7, 11) is 0. The van der Waals surface area contributed by atoms with Gasteiger partial charge in [0, 0.05) is 12.2 Å². The number of benzene rings is 2. The second kappa shape index (κ2) is 6.94. The lowest BCUT2D eigenvalue weighted by atomic mass is 10.2. The second-order valence-electron chi connectivity index (χ2n) is 3.70. The molecule has 90 valence electrons. The van der Waals surface area contributed by atoms with E-state index in [9.17, 15) is 0 Å². The van der Waals surface area contributed by atoms with Crippen molar-refractivity contribution >= 4 is 18.1 Å². The average molecular weight is 250 g/mol. The lowest BCUT2D eigenvalue weighted by Crippen LogP contribution is -1.99. The Bertz CT molecular complexity index is 445. The van der Waals surface area contributed by atoms with E-state index in [0.29, 0.717) is 0 Å². The minimum atomic E-state index is 0. The molecule has 0 aromatic heterocycles. The third kappa shape index (κ3) is 4.10. The van der Waals surface area contributed by atoms with Gasteiger partial charge in [0.05, 0.1) is 6.61 Å². The maximum atomic E-state index is 9.02. The van der Waals surface area contributed by atoms with Crippen molar-refractivity contribution in [2.45, 2.75) is 13.2 Å². The number of halogens is 1. The zero-order chi connectivity index (χ0) is 11.2. The van der Waals surface area contributed by atoms with Crippen LogP contribution >= 0.6 is 12.4 Å². The smallest absolute Gasteiger partial charge is 0.0682 e. The standard InChI is InChI=1S/C14H15NO.ClH/c16-11-13-7-4-8-14(9-13)15-10-12-5-2-1-3-6-12;/h1-9,15-16H,10-11H2;1H. The Labute approximate surface area is 108 Å². The van der Waals surface area contributed by atoms with Gasteiger partial charge in [-0.2, -0.15) is 0 Å². The molecule has 0 atom stereocenters. The van der Waals surface area contributed by atoms with Crippen LogP contribution in [0.1, 0.15) is 11.1 Å². The van der Waals surface area contributed by atoms with E-state index in [4.69, 9.17) is 5.11 Å². The van der Waals surface area contributed by atoms with Gasteiger partial charge in [0.15, 0.2) is 0 Å². The number of anilines is 1. The third-order valence-electron chi connectivity index (χ3n) is 2.45. The molecule has 2 rings (SSSR count). The topological polar surface area (TPSA) is 32.3 Å². The quantitative estimate of drug-likeness (QED) is 0.872. The van der Waals surface area contributed by atoms with E-state index in [1.807, 2.05) is 42.5 Å². The Kier molecular flexibility index (Phi) is 5.53. The minimum absolute atomic E-state index is 0. The second-order valence-corrected chi connectivity index (χ2v) is 3.70. The van der Waals surface area contributed by atoms with Gasteiger partial charge in [-0.05, 0) is 23.3 Å². The molecule has 0 aliphatic heterocycles. The SMILES string of the molecule is Cl.OCc1cccc(NCc2ccccc2)c1. The van der Waals surface area contributed by atoms with Gasteiger partial charge in [0.2, 0.25) is 0 Å². The zero-order valence-electron chi connectivity index (χ0n) is 9.47. The summed E-state index contributed by atoms with van der Waals surface area (Å²) < 4.78 is 0. The molecule has 0 aliphatic carbocycles. The van der Waals surface area contributed by atoms with Crippen LogP contribution in [0, 0.1) is 0 Å². The zero-order valence-corrected chi connectivity index (χ0v) is 10.3. The van der Waals surface area contributed by atoms with Crippen LogP contribution in [0.4, 0.5) is 5.69 Å². The molecule has 2 aromatic rings. The number of hydrogen-bond donors (Lipinski definition) is 2. The molecule has 2 N–H and O–H groups in total. The summed E-state index contributed by atoms with van der Waals surface area (Å²) in [5, 5.41) is 12.3. The fourth-order valence-electron chi connectivity index (χ4n) is 1.58. The number of aliphatic hydroxyl groups excluding tert-OH is 1. The highest BCUT2D eigenvalue weighted by molar-refractivity contribution is 5.85. The van der Waals surface area contributed by atoms with Crippen molar-refractivity contribution < 1.29 is 5.11 Å². The van der Waals surface area contributed by atoms with Gasteiger partial charge in [-0.15, -0.1) is 12.4 Å². The predicted molar refractivity (Wildman–Crippen MR) is 73.4 cm³/mol. The molecule has 2 nitrogen and oxygen atoms in total. The first-order valence-corrected chi connectivity index (χ1v) is 5.36. The molecule has 2 aromatic carbocycles. The summed E-state index contributed by atoms with van der Waals surface area (Å²) in [6.07, 6.45) is 0. The van der Waals surface area contributed by atoms with Crippen LogP contribution in [-0.2, 0) is 13.2 Å². The molecule has 0 saturated carbocycles. The van der Waals surface area contributed by atoms with Crippen LogP contribution in [0.15, 0.2) is 54.6 Å². The number of rotatable bonds is 4. The van der Waals surface area contributed by atoms with Gasteiger partial charge >= 0.3 is 0 Å². The van der Waals surface area contributed by atoms with Crippen molar-refractivity contribution in [2.24, 2.45) is 0 Å². The summed E-state index contributed by atoms with van der Waals surface area (Å²) in [6.45, 7) is 0.885. The van der Waals surface area contributed by atoms with Gasteiger partial charge in [-0.1, -0.05) is 42.5 Å². The van der Waals surface area contributed by atoms with Crippen LogP contribution in [0.2, 0.25) is 0 Å². The van der Waals surface area contributed by atoms with Crippen molar-refractivity contribution in [1.82, 2.24) is 0 Å². The van der Waals surface area contributed by atoms with Gasteiger partial charge in [0.1, 0.15) is 0 Å².